The first-order valence-electron chi connectivity index (χ1n) is 8.90. The molecule has 0 saturated heterocycles. The number of nitrogens with zero attached hydrogens (tertiary/aromatic N) is 3. The van der Waals surface area contributed by atoms with Gasteiger partial charge in [0.25, 0.3) is 5.91 Å². The predicted molar refractivity (Wildman–Crippen MR) is 101 cm³/mol. The van der Waals surface area contributed by atoms with Gasteiger partial charge < -0.3 is 19.8 Å². The number of carboxylic acids is 1. The maximum Gasteiger partial charge on any atom is 0.328 e. The number of aliphatic hydroxyl groups is 1. The van der Waals surface area contributed by atoms with Gasteiger partial charge in [0.15, 0.2) is 17.4 Å². The second-order valence-corrected chi connectivity index (χ2v) is 6.55. The lowest BCUT2D eigenvalue weighted by atomic mass is 10.2. The lowest BCUT2D eigenvalue weighted by molar-refractivity contribution is -0.143. The number of hydrogen-bond donors (Lipinski definition) is 2. The minimum absolute atomic E-state index is 0.0784. The summed E-state index contributed by atoms with van der Waals surface area (Å²) in [7, 11) is 1.26. The number of fused-ring (bicyclic) bond motifs is 1. The second-order valence-electron chi connectivity index (χ2n) is 6.55. The summed E-state index contributed by atoms with van der Waals surface area (Å²) in [5, 5.41) is 18.5. The van der Waals surface area contributed by atoms with E-state index in [1.165, 1.54) is 29.8 Å². The largest absolute Gasteiger partial charge is 0.485 e. The molecule has 0 aliphatic rings. The van der Waals surface area contributed by atoms with E-state index >= 15 is 0 Å². The summed E-state index contributed by atoms with van der Waals surface area (Å²) in [6, 6.07) is 5.15. The van der Waals surface area contributed by atoms with E-state index in [0.717, 1.165) is 17.0 Å². The van der Waals surface area contributed by atoms with Crippen LogP contribution in [0.3, 0.4) is 0 Å². The zero-order valence-corrected chi connectivity index (χ0v) is 16.2. The minimum atomic E-state index is -1.43. The van der Waals surface area contributed by atoms with E-state index < -0.39 is 42.8 Å². The number of rotatable bonds is 7. The Morgan fingerprint density at radius 3 is 2.50 bits per heavy atom. The van der Waals surface area contributed by atoms with Crippen LogP contribution in [0.5, 0.6) is 5.75 Å². The monoisotopic (exact) mass is 419 g/mol. The minimum Gasteiger partial charge on any atom is -0.485 e. The molecule has 3 rings (SSSR count). The molecule has 1 amide bonds. The van der Waals surface area contributed by atoms with Crippen LogP contribution in [0.2, 0.25) is 0 Å². The highest BCUT2D eigenvalue weighted by molar-refractivity contribution is 5.97. The molecule has 3 aromatic rings. The van der Waals surface area contributed by atoms with Crippen molar-refractivity contribution in [2.75, 3.05) is 13.7 Å². The summed E-state index contributed by atoms with van der Waals surface area (Å²) < 4.78 is 34.7. The first-order valence-corrected chi connectivity index (χ1v) is 8.90. The third-order valence-electron chi connectivity index (χ3n) is 4.67. The molecule has 0 fully saturated rings. The Hall–Kier alpha value is -3.53. The molecular weight excluding hydrogens is 400 g/mol. The molecule has 0 radical (unpaired) electrons. The fourth-order valence-corrected chi connectivity index (χ4v) is 3.02. The Bertz CT molecular complexity index is 1100. The number of benzene rings is 1. The number of halogens is 2. The van der Waals surface area contributed by atoms with E-state index in [1.54, 1.807) is 13.0 Å². The molecule has 0 spiro atoms. The van der Waals surface area contributed by atoms with E-state index in [-0.39, 0.29) is 22.7 Å². The molecule has 1 aromatic carbocycles. The van der Waals surface area contributed by atoms with E-state index in [9.17, 15) is 28.6 Å². The number of likely N-dealkylation sites (N-methyl/N-ethyl adjacent to an activating group) is 1. The molecule has 0 saturated carbocycles. The average Bonchev–Trinajstić information content (AvgIpc) is 3.03. The quantitative estimate of drug-likeness (QED) is 0.607. The Labute approximate surface area is 169 Å². The molecule has 2 heterocycles. The van der Waals surface area contributed by atoms with Gasteiger partial charge >= 0.3 is 5.97 Å². The number of amides is 1. The van der Waals surface area contributed by atoms with E-state index in [0.29, 0.717) is 5.69 Å². The Kier molecular flexibility index (Phi) is 5.97. The van der Waals surface area contributed by atoms with Crippen LogP contribution in [-0.2, 0) is 11.4 Å². The lowest BCUT2D eigenvalue weighted by Crippen LogP contribution is -2.45. The molecule has 0 bridgehead atoms. The van der Waals surface area contributed by atoms with Gasteiger partial charge in [-0.05, 0) is 31.2 Å². The average molecular weight is 419 g/mol. The molecule has 1 unspecified atom stereocenters. The van der Waals surface area contributed by atoms with Gasteiger partial charge in [-0.3, -0.25) is 9.20 Å². The van der Waals surface area contributed by atoms with Crippen molar-refractivity contribution in [2.45, 2.75) is 19.6 Å². The Morgan fingerprint density at radius 1 is 1.23 bits per heavy atom. The summed E-state index contributed by atoms with van der Waals surface area (Å²) in [6.45, 7) is 0.415. The number of carboxylic acid groups (broad SMARTS) is 1. The van der Waals surface area contributed by atoms with Gasteiger partial charge in [-0.2, -0.15) is 0 Å². The molecule has 10 heteroatoms. The summed E-state index contributed by atoms with van der Waals surface area (Å²) >= 11 is 0. The SMILES string of the molecule is Cc1nc2c(OCc3c(F)cccc3F)cccn2c1C(=O)N(C)C(CO)C(=O)O. The van der Waals surface area contributed by atoms with Crippen LogP contribution in [0.4, 0.5) is 8.78 Å². The van der Waals surface area contributed by atoms with Gasteiger partial charge in [-0.1, -0.05) is 6.07 Å². The number of carbonyl (C=O) groups is 2. The number of ether oxygens (including phenoxy) is 1. The van der Waals surface area contributed by atoms with E-state index in [4.69, 9.17) is 4.74 Å². The number of hydrogen-bond acceptors (Lipinski definition) is 5. The first-order chi connectivity index (χ1) is 14.3. The van der Waals surface area contributed by atoms with Crippen LogP contribution in [-0.4, -0.2) is 56.1 Å². The molecule has 0 aliphatic heterocycles. The van der Waals surface area contributed by atoms with Crippen LogP contribution >= 0.6 is 0 Å². The highest BCUT2D eigenvalue weighted by Crippen LogP contribution is 2.25. The van der Waals surface area contributed by atoms with Crippen molar-refractivity contribution < 1.29 is 33.3 Å². The standard InChI is InChI=1S/C20H19F2N3O5/c1-11-17(19(27)24(2)15(9-26)20(28)29)25-8-4-7-16(18(25)23-11)30-10-12-13(21)5-3-6-14(12)22/h3-8,15,26H,9-10H2,1-2H3,(H,28,29). The van der Waals surface area contributed by atoms with E-state index in [1.807, 2.05) is 0 Å². The van der Waals surface area contributed by atoms with Crippen LogP contribution in [0.25, 0.3) is 5.65 Å². The summed E-state index contributed by atoms with van der Waals surface area (Å²) in [4.78, 5) is 29.3. The third kappa shape index (κ3) is 3.81. The van der Waals surface area contributed by atoms with Gasteiger partial charge in [-0.25, -0.2) is 18.6 Å². The highest BCUT2D eigenvalue weighted by atomic mass is 19.1. The fourth-order valence-electron chi connectivity index (χ4n) is 3.02. The van der Waals surface area contributed by atoms with Gasteiger partial charge in [0.1, 0.15) is 23.9 Å². The topological polar surface area (TPSA) is 104 Å². The zero-order chi connectivity index (χ0) is 22.0. The first kappa shape index (κ1) is 21.2. The molecule has 0 aliphatic carbocycles. The number of imidazole rings is 1. The van der Waals surface area contributed by atoms with Gasteiger partial charge in [0, 0.05) is 13.2 Å². The van der Waals surface area contributed by atoms with Crippen molar-refractivity contribution in [3.63, 3.8) is 0 Å². The summed E-state index contributed by atoms with van der Waals surface area (Å²) in [6.07, 6.45) is 1.53. The van der Waals surface area contributed by atoms with Crippen LogP contribution < -0.4 is 4.74 Å². The van der Waals surface area contributed by atoms with Crippen molar-refractivity contribution >= 4 is 17.5 Å². The maximum atomic E-state index is 13.8. The number of aliphatic carboxylic acids is 1. The van der Waals surface area contributed by atoms with Crippen LogP contribution in [0.15, 0.2) is 36.5 Å². The van der Waals surface area contributed by atoms with E-state index in [2.05, 4.69) is 4.98 Å². The summed E-state index contributed by atoms with van der Waals surface area (Å²) in [5.41, 5.74) is 0.349. The number of aliphatic hydroxyl groups excluding tert-OH is 1. The van der Waals surface area contributed by atoms with Crippen LogP contribution in [0.1, 0.15) is 21.7 Å². The number of aryl methyl sites for hydroxylation is 1. The second kappa shape index (κ2) is 8.46. The van der Waals surface area contributed by atoms with Crippen molar-refractivity contribution in [3.8, 4) is 5.75 Å². The number of pyridine rings is 1. The molecule has 158 valence electrons. The zero-order valence-electron chi connectivity index (χ0n) is 16.2. The molecule has 2 N–H and O–H groups in total. The maximum absolute atomic E-state index is 13.8. The molecule has 30 heavy (non-hydrogen) atoms. The highest BCUT2D eigenvalue weighted by Gasteiger charge is 2.30. The van der Waals surface area contributed by atoms with Crippen molar-refractivity contribution in [1.82, 2.24) is 14.3 Å². The molecule has 1 atom stereocenters. The van der Waals surface area contributed by atoms with Gasteiger partial charge in [0.2, 0.25) is 0 Å². The van der Waals surface area contributed by atoms with Gasteiger partial charge in [-0.15, -0.1) is 0 Å². The van der Waals surface area contributed by atoms with Crippen molar-refractivity contribution in [2.24, 2.45) is 0 Å². The summed E-state index contributed by atoms with van der Waals surface area (Å²) in [5.74, 6) is -3.33. The smallest absolute Gasteiger partial charge is 0.328 e. The lowest BCUT2D eigenvalue weighted by Gasteiger charge is -2.23. The number of carbonyl (C=O) groups excluding carboxylic acids is 1. The fraction of sp³-hybridized carbons (Fsp3) is 0.250. The normalized spacial score (nSPS) is 12.0. The third-order valence-corrected chi connectivity index (χ3v) is 4.67. The van der Waals surface area contributed by atoms with Crippen molar-refractivity contribution in [3.05, 3.63) is 65.1 Å². The molecular formula is C20H19F2N3O5. The Morgan fingerprint density at radius 2 is 1.90 bits per heavy atom. The van der Waals surface area contributed by atoms with Crippen molar-refractivity contribution in [1.29, 1.82) is 0 Å². The molecule has 8 nitrogen and oxygen atoms in total. The Balaban J connectivity index is 1.96. The van der Waals surface area contributed by atoms with Gasteiger partial charge in [0.05, 0.1) is 17.9 Å². The predicted octanol–water partition coefficient (Wildman–Crippen LogP) is 2.02. The number of aromatic nitrogens is 2. The molecule has 2 aromatic heterocycles. The van der Waals surface area contributed by atoms with Crippen LogP contribution in [0, 0.1) is 18.6 Å².